The smallest absolute Gasteiger partial charge is 0.346 e. The molecular formula is C30H35FO7. The van der Waals surface area contributed by atoms with Crippen LogP contribution in [0.1, 0.15) is 86.0 Å². The van der Waals surface area contributed by atoms with Gasteiger partial charge in [-0.25, -0.2) is 9.18 Å². The predicted octanol–water partition coefficient (Wildman–Crippen LogP) is 6.42. The maximum absolute atomic E-state index is 15.3. The minimum absolute atomic E-state index is 0.00534. The molecule has 2 aromatic carbocycles. The van der Waals surface area contributed by atoms with Crippen molar-refractivity contribution in [2.45, 2.75) is 72.5 Å². The fourth-order valence-corrected chi connectivity index (χ4v) is 6.53. The van der Waals surface area contributed by atoms with Crippen molar-refractivity contribution in [3.63, 3.8) is 0 Å². The second-order valence-corrected chi connectivity index (χ2v) is 11.4. The van der Waals surface area contributed by atoms with Crippen molar-refractivity contribution in [1.82, 2.24) is 0 Å². The molecule has 2 bridgehead atoms. The molecule has 2 aliphatic carbocycles. The molecule has 2 fully saturated rings. The fourth-order valence-electron chi connectivity index (χ4n) is 6.53. The van der Waals surface area contributed by atoms with Gasteiger partial charge in [0.25, 0.3) is 0 Å². The van der Waals surface area contributed by atoms with E-state index in [2.05, 4.69) is 0 Å². The lowest BCUT2D eigenvalue weighted by Crippen LogP contribution is -2.36. The summed E-state index contributed by atoms with van der Waals surface area (Å²) in [6.45, 7) is 7.07. The van der Waals surface area contributed by atoms with Gasteiger partial charge in [-0.3, -0.25) is 4.79 Å². The van der Waals surface area contributed by atoms with Crippen LogP contribution in [0.3, 0.4) is 0 Å². The maximum Gasteiger partial charge on any atom is 0.346 e. The molecule has 204 valence electrons. The van der Waals surface area contributed by atoms with Crippen molar-refractivity contribution in [2.75, 3.05) is 7.11 Å². The molecular weight excluding hydrogens is 491 g/mol. The average Bonchev–Trinajstić information content (AvgIpc) is 3.37. The Hall–Kier alpha value is -3.13. The predicted molar refractivity (Wildman–Crippen MR) is 137 cm³/mol. The number of halogens is 1. The van der Waals surface area contributed by atoms with Gasteiger partial charge < -0.3 is 24.1 Å². The lowest BCUT2D eigenvalue weighted by Gasteiger charge is -2.28. The topological polar surface area (TPSA) is 91.3 Å². The number of cyclic esters (lactones) is 1. The minimum atomic E-state index is -0.875. The normalized spacial score (nSPS) is 24.6. The second kappa shape index (κ2) is 9.88. The summed E-state index contributed by atoms with van der Waals surface area (Å²) in [6, 6.07) is 4.59. The van der Waals surface area contributed by atoms with E-state index < -0.39 is 29.9 Å². The van der Waals surface area contributed by atoms with Gasteiger partial charge in [-0.15, -0.1) is 0 Å². The first-order valence-corrected chi connectivity index (χ1v) is 13.3. The van der Waals surface area contributed by atoms with E-state index in [0.29, 0.717) is 12.0 Å². The Balaban J connectivity index is 1.57. The first-order chi connectivity index (χ1) is 18.1. The number of ether oxygens (including phenoxy) is 4. The van der Waals surface area contributed by atoms with Crippen LogP contribution >= 0.6 is 0 Å². The van der Waals surface area contributed by atoms with E-state index in [-0.39, 0.29) is 63.4 Å². The monoisotopic (exact) mass is 526 g/mol. The van der Waals surface area contributed by atoms with Crippen LogP contribution in [0.15, 0.2) is 18.2 Å². The van der Waals surface area contributed by atoms with Crippen LogP contribution < -0.4 is 14.2 Å². The van der Waals surface area contributed by atoms with Crippen LogP contribution in [0.5, 0.6) is 23.0 Å². The molecule has 8 heteroatoms. The van der Waals surface area contributed by atoms with E-state index in [0.717, 1.165) is 25.7 Å². The van der Waals surface area contributed by atoms with Gasteiger partial charge in [0.1, 0.15) is 29.5 Å². The first kappa shape index (κ1) is 26.5. The summed E-state index contributed by atoms with van der Waals surface area (Å²) < 4.78 is 38.5. The molecule has 1 N–H and O–H groups in total. The highest BCUT2D eigenvalue weighted by molar-refractivity contribution is 5.97. The number of benzene rings is 2. The number of rotatable bonds is 6. The Morgan fingerprint density at radius 3 is 2.47 bits per heavy atom. The van der Waals surface area contributed by atoms with Crippen molar-refractivity contribution in [2.24, 2.45) is 23.2 Å². The van der Waals surface area contributed by atoms with Crippen molar-refractivity contribution >= 4 is 11.9 Å². The highest BCUT2D eigenvalue weighted by atomic mass is 19.1. The number of carbonyl (C=O) groups is 2. The lowest BCUT2D eigenvalue weighted by atomic mass is 9.80. The number of hydrogen-bond acceptors (Lipinski definition) is 7. The molecule has 5 rings (SSSR count). The molecule has 0 amide bonds. The highest BCUT2D eigenvalue weighted by Gasteiger charge is 2.57. The van der Waals surface area contributed by atoms with E-state index in [1.165, 1.54) is 19.2 Å². The third kappa shape index (κ3) is 4.23. The van der Waals surface area contributed by atoms with Gasteiger partial charge in [-0.05, 0) is 87.5 Å². The molecule has 2 saturated carbocycles. The number of aryl methyl sites for hydroxylation is 1. The van der Waals surface area contributed by atoms with E-state index >= 15 is 4.39 Å². The number of hydrogen-bond donors (Lipinski definition) is 1. The molecule has 1 atom stereocenters. The zero-order chi connectivity index (χ0) is 27.4. The van der Waals surface area contributed by atoms with E-state index in [9.17, 15) is 14.7 Å². The number of carbonyl (C=O) groups excluding carboxylic acids is 2. The Labute approximate surface area is 222 Å². The molecule has 1 aliphatic heterocycles. The quantitative estimate of drug-likeness (QED) is 0.343. The third-order valence-corrected chi connectivity index (χ3v) is 8.69. The number of fused-ring (bicyclic) bond motifs is 4. The van der Waals surface area contributed by atoms with Crippen molar-refractivity contribution in [1.29, 1.82) is 0 Å². The zero-order valence-electron chi connectivity index (χ0n) is 22.6. The largest absolute Gasteiger partial charge is 0.495 e. The van der Waals surface area contributed by atoms with Gasteiger partial charge in [-0.2, -0.15) is 0 Å². The van der Waals surface area contributed by atoms with Gasteiger partial charge in [0, 0.05) is 5.56 Å². The standard InChI is InChI=1S/C30H35FO7/c1-15(2)12-21(32)19-10-11-22-24(27(19)35-5)28(33)36-14-20-25(31)16(3)13-23(26(20)37-22)38-29(34)30(4)17-6-7-18(30)9-8-17/h10-11,13,15,17-18,21,32H,6-9,12,14H2,1-5H3. The molecule has 0 aromatic heterocycles. The van der Waals surface area contributed by atoms with Crippen molar-refractivity contribution < 1.29 is 38.0 Å². The van der Waals surface area contributed by atoms with Crippen LogP contribution in [-0.4, -0.2) is 24.2 Å². The van der Waals surface area contributed by atoms with E-state index in [4.69, 9.17) is 18.9 Å². The summed E-state index contributed by atoms with van der Waals surface area (Å²) in [6.07, 6.45) is 3.59. The molecule has 0 saturated heterocycles. The molecule has 0 spiro atoms. The lowest BCUT2D eigenvalue weighted by molar-refractivity contribution is -0.147. The number of methoxy groups -OCH3 is 1. The summed E-state index contributed by atoms with van der Waals surface area (Å²) >= 11 is 0. The van der Waals surface area contributed by atoms with Gasteiger partial charge in [-0.1, -0.05) is 13.8 Å². The molecule has 7 nitrogen and oxygen atoms in total. The van der Waals surface area contributed by atoms with E-state index in [1.807, 2.05) is 20.8 Å². The fraction of sp³-hybridized carbons (Fsp3) is 0.533. The molecule has 1 unspecified atom stereocenters. The van der Waals surface area contributed by atoms with Crippen LogP contribution in [0.2, 0.25) is 0 Å². The SMILES string of the molecule is COc1c(C(O)CC(C)C)ccc2c1C(=O)OCc1c(F)c(C)cc(OC(=O)C3(C)C4CCC3CC4)c1O2. The molecule has 3 aliphatic rings. The molecule has 0 radical (unpaired) electrons. The number of aliphatic hydroxyl groups is 1. The van der Waals surface area contributed by atoms with Gasteiger partial charge in [0.2, 0.25) is 0 Å². The van der Waals surface area contributed by atoms with Gasteiger partial charge in [0.05, 0.1) is 24.2 Å². The van der Waals surface area contributed by atoms with Crippen molar-refractivity contribution in [3.05, 3.63) is 46.3 Å². The highest BCUT2D eigenvalue weighted by Crippen LogP contribution is 2.58. The first-order valence-electron chi connectivity index (χ1n) is 13.3. The van der Waals surface area contributed by atoms with Crippen LogP contribution in [0, 0.1) is 35.9 Å². The Morgan fingerprint density at radius 2 is 1.87 bits per heavy atom. The molecule has 38 heavy (non-hydrogen) atoms. The Morgan fingerprint density at radius 1 is 1.21 bits per heavy atom. The average molecular weight is 527 g/mol. The van der Waals surface area contributed by atoms with Crippen LogP contribution in [-0.2, 0) is 16.1 Å². The minimum Gasteiger partial charge on any atom is -0.495 e. The number of esters is 2. The maximum atomic E-state index is 15.3. The van der Waals surface area contributed by atoms with Gasteiger partial charge >= 0.3 is 11.9 Å². The number of aliphatic hydroxyl groups excluding tert-OH is 1. The summed E-state index contributed by atoms with van der Waals surface area (Å²) in [7, 11) is 1.40. The van der Waals surface area contributed by atoms with Crippen LogP contribution in [0.25, 0.3) is 0 Å². The van der Waals surface area contributed by atoms with Crippen molar-refractivity contribution in [3.8, 4) is 23.0 Å². The summed E-state index contributed by atoms with van der Waals surface area (Å²) in [5.41, 5.74) is 0.0574. The summed E-state index contributed by atoms with van der Waals surface area (Å²) in [4.78, 5) is 26.7. The molecule has 1 heterocycles. The Kier molecular flexibility index (Phi) is 6.88. The Bertz CT molecular complexity index is 1260. The third-order valence-electron chi connectivity index (χ3n) is 8.69. The van der Waals surface area contributed by atoms with E-state index in [1.54, 1.807) is 13.0 Å². The van der Waals surface area contributed by atoms with Crippen LogP contribution in [0.4, 0.5) is 4.39 Å². The molecule has 2 aromatic rings. The summed E-state index contributed by atoms with van der Waals surface area (Å²) in [5.74, 6) is -0.710. The summed E-state index contributed by atoms with van der Waals surface area (Å²) in [5, 5.41) is 10.8. The zero-order valence-corrected chi connectivity index (χ0v) is 22.6. The second-order valence-electron chi connectivity index (χ2n) is 11.4. The van der Waals surface area contributed by atoms with Gasteiger partial charge in [0.15, 0.2) is 11.5 Å².